The van der Waals surface area contributed by atoms with Gasteiger partial charge in [-0.2, -0.15) is 0 Å². The molecule has 0 amide bonds. The summed E-state index contributed by atoms with van der Waals surface area (Å²) in [5.74, 6) is 0.319. The lowest BCUT2D eigenvalue weighted by molar-refractivity contribution is 0.216. The molecular weight excluding hydrogens is 267 g/mol. The summed E-state index contributed by atoms with van der Waals surface area (Å²) < 4.78 is 0. The summed E-state index contributed by atoms with van der Waals surface area (Å²) in [6.45, 7) is 4.01. The van der Waals surface area contributed by atoms with Crippen molar-refractivity contribution in [2.45, 2.75) is 25.2 Å². The van der Waals surface area contributed by atoms with Gasteiger partial charge in [-0.25, -0.2) is 0 Å². The van der Waals surface area contributed by atoms with Crippen LogP contribution in [-0.4, -0.2) is 31.1 Å². The second kappa shape index (κ2) is 6.76. The molecule has 1 aromatic carbocycles. The van der Waals surface area contributed by atoms with Crippen LogP contribution < -0.4 is 5.73 Å². The number of rotatable bonds is 4. The number of piperidine rings is 1. The van der Waals surface area contributed by atoms with Gasteiger partial charge in [0.1, 0.15) is 0 Å². The van der Waals surface area contributed by atoms with Crippen LogP contribution in [0.4, 0.5) is 0 Å². The zero-order valence-corrected chi connectivity index (χ0v) is 12.1. The van der Waals surface area contributed by atoms with Gasteiger partial charge in [-0.05, 0) is 49.7 Å². The third-order valence-corrected chi connectivity index (χ3v) is 4.00. The minimum absolute atomic E-state index is 0.319. The molecule has 2 nitrogen and oxygen atoms in total. The minimum Gasteiger partial charge on any atom is -0.330 e. The van der Waals surface area contributed by atoms with E-state index in [9.17, 15) is 0 Å². The topological polar surface area (TPSA) is 29.3 Å². The van der Waals surface area contributed by atoms with E-state index >= 15 is 0 Å². The summed E-state index contributed by atoms with van der Waals surface area (Å²) in [7, 11) is 0. The molecule has 18 heavy (non-hydrogen) atoms. The maximum atomic E-state index is 6.06. The van der Waals surface area contributed by atoms with Gasteiger partial charge in [0.05, 0.1) is 0 Å². The Morgan fingerprint density at radius 1 is 1.06 bits per heavy atom. The molecule has 0 aliphatic carbocycles. The molecule has 0 spiro atoms. The summed E-state index contributed by atoms with van der Waals surface area (Å²) in [4.78, 5) is 2.50. The third kappa shape index (κ3) is 3.86. The monoisotopic (exact) mass is 286 g/mol. The molecule has 0 saturated carbocycles. The van der Waals surface area contributed by atoms with Gasteiger partial charge in [-0.3, -0.25) is 0 Å². The summed E-state index contributed by atoms with van der Waals surface area (Å²) in [5.41, 5.74) is 7.06. The predicted molar refractivity (Wildman–Crippen MR) is 78.5 cm³/mol. The van der Waals surface area contributed by atoms with Gasteiger partial charge in [0.2, 0.25) is 0 Å². The summed E-state index contributed by atoms with van der Waals surface area (Å²) in [6.07, 6.45) is 3.95. The molecule has 0 aromatic heterocycles. The molecule has 0 bridgehead atoms. The predicted octanol–water partition coefficient (Wildman–Crippen LogP) is 3.52. The maximum absolute atomic E-state index is 6.06. The average molecular weight is 287 g/mol. The van der Waals surface area contributed by atoms with Crippen molar-refractivity contribution in [2.24, 2.45) is 5.73 Å². The Balaban J connectivity index is 2.06. The maximum Gasteiger partial charge on any atom is 0.0423 e. The van der Waals surface area contributed by atoms with Crippen molar-refractivity contribution >= 4 is 23.2 Å². The van der Waals surface area contributed by atoms with Gasteiger partial charge in [0.15, 0.2) is 0 Å². The van der Waals surface area contributed by atoms with Crippen LogP contribution in [0.1, 0.15) is 30.7 Å². The van der Waals surface area contributed by atoms with Gasteiger partial charge in [0, 0.05) is 29.1 Å². The zero-order valence-electron chi connectivity index (χ0n) is 10.5. The third-order valence-electron chi connectivity index (χ3n) is 3.57. The molecule has 100 valence electrons. The fourth-order valence-electron chi connectivity index (χ4n) is 2.58. The smallest absolute Gasteiger partial charge is 0.0423 e. The van der Waals surface area contributed by atoms with Crippen molar-refractivity contribution in [2.75, 3.05) is 26.2 Å². The molecule has 0 radical (unpaired) electrons. The largest absolute Gasteiger partial charge is 0.330 e. The number of hydrogen-bond donors (Lipinski definition) is 1. The molecule has 1 saturated heterocycles. The Morgan fingerprint density at radius 3 is 2.22 bits per heavy atom. The Morgan fingerprint density at radius 2 is 1.67 bits per heavy atom. The molecule has 2 rings (SSSR count). The highest BCUT2D eigenvalue weighted by atomic mass is 35.5. The van der Waals surface area contributed by atoms with Crippen LogP contribution in [0.15, 0.2) is 18.2 Å². The van der Waals surface area contributed by atoms with Gasteiger partial charge in [-0.15, -0.1) is 0 Å². The van der Waals surface area contributed by atoms with Crippen molar-refractivity contribution in [3.05, 3.63) is 33.8 Å². The summed E-state index contributed by atoms with van der Waals surface area (Å²) in [6, 6.07) is 5.73. The fraction of sp³-hybridized carbons (Fsp3) is 0.571. The molecule has 1 fully saturated rings. The molecular formula is C14H20Cl2N2. The van der Waals surface area contributed by atoms with Gasteiger partial charge in [-0.1, -0.05) is 29.6 Å². The van der Waals surface area contributed by atoms with E-state index in [2.05, 4.69) is 4.90 Å². The molecule has 1 aliphatic heterocycles. The SMILES string of the molecule is NCC(CN1CCCCC1)c1cc(Cl)cc(Cl)c1. The number of nitrogens with zero attached hydrogens (tertiary/aromatic N) is 1. The first-order valence-corrected chi connectivity index (χ1v) is 7.33. The van der Waals surface area contributed by atoms with E-state index in [-0.39, 0.29) is 0 Å². The molecule has 1 aromatic rings. The van der Waals surface area contributed by atoms with Crippen LogP contribution in [0.3, 0.4) is 0 Å². The lowest BCUT2D eigenvalue weighted by Gasteiger charge is -2.30. The average Bonchev–Trinajstić information content (AvgIpc) is 2.36. The van der Waals surface area contributed by atoms with Crippen molar-refractivity contribution in [3.8, 4) is 0 Å². The molecule has 1 heterocycles. The second-order valence-electron chi connectivity index (χ2n) is 5.00. The zero-order chi connectivity index (χ0) is 13.0. The van der Waals surface area contributed by atoms with Gasteiger partial charge < -0.3 is 10.6 Å². The first kappa shape index (κ1) is 14.1. The molecule has 1 atom stereocenters. The molecule has 2 N–H and O–H groups in total. The highest BCUT2D eigenvalue weighted by Crippen LogP contribution is 2.25. The van der Waals surface area contributed by atoms with Crippen LogP contribution >= 0.6 is 23.2 Å². The quantitative estimate of drug-likeness (QED) is 0.918. The van der Waals surface area contributed by atoms with Crippen LogP contribution in [-0.2, 0) is 0 Å². The first-order chi connectivity index (χ1) is 8.69. The number of benzene rings is 1. The minimum atomic E-state index is 0.319. The van der Waals surface area contributed by atoms with Crippen molar-refractivity contribution in [3.63, 3.8) is 0 Å². The number of halogens is 2. The Kier molecular flexibility index (Phi) is 5.31. The van der Waals surface area contributed by atoms with Crippen molar-refractivity contribution in [1.82, 2.24) is 4.90 Å². The van der Waals surface area contributed by atoms with E-state index in [4.69, 9.17) is 28.9 Å². The molecule has 4 heteroatoms. The number of hydrogen-bond acceptors (Lipinski definition) is 2. The lowest BCUT2D eigenvalue weighted by atomic mass is 9.97. The van der Waals surface area contributed by atoms with Crippen LogP contribution in [0.2, 0.25) is 10.0 Å². The Bertz CT molecular complexity index is 369. The number of nitrogens with two attached hydrogens (primary N) is 1. The van der Waals surface area contributed by atoms with E-state index in [0.717, 1.165) is 12.1 Å². The normalized spacial score (nSPS) is 18.8. The summed E-state index contributed by atoms with van der Waals surface area (Å²) in [5, 5.41) is 1.38. The van der Waals surface area contributed by atoms with E-state index in [1.54, 1.807) is 6.07 Å². The van der Waals surface area contributed by atoms with E-state index in [1.807, 2.05) is 12.1 Å². The van der Waals surface area contributed by atoms with Crippen LogP contribution in [0.5, 0.6) is 0 Å². The van der Waals surface area contributed by atoms with Crippen molar-refractivity contribution < 1.29 is 0 Å². The van der Waals surface area contributed by atoms with Crippen LogP contribution in [0.25, 0.3) is 0 Å². The van der Waals surface area contributed by atoms with Crippen LogP contribution in [0, 0.1) is 0 Å². The highest BCUT2D eigenvalue weighted by molar-refractivity contribution is 6.34. The second-order valence-corrected chi connectivity index (χ2v) is 5.87. The van der Waals surface area contributed by atoms with E-state index in [1.165, 1.54) is 32.4 Å². The molecule has 1 unspecified atom stereocenters. The highest BCUT2D eigenvalue weighted by Gasteiger charge is 2.17. The molecule has 1 aliphatic rings. The van der Waals surface area contributed by atoms with Gasteiger partial charge >= 0.3 is 0 Å². The standard InChI is InChI=1S/C14H20Cl2N2/c15-13-6-11(7-14(16)8-13)12(9-17)10-18-4-2-1-3-5-18/h6-8,12H,1-5,9-10,17H2. The Labute approximate surface area is 119 Å². The Hall–Kier alpha value is -0.280. The van der Waals surface area contributed by atoms with Gasteiger partial charge in [0.25, 0.3) is 0 Å². The fourth-order valence-corrected chi connectivity index (χ4v) is 3.12. The van der Waals surface area contributed by atoms with E-state index < -0.39 is 0 Å². The van der Waals surface area contributed by atoms with Crippen molar-refractivity contribution in [1.29, 1.82) is 0 Å². The first-order valence-electron chi connectivity index (χ1n) is 6.57. The summed E-state index contributed by atoms with van der Waals surface area (Å²) >= 11 is 12.1. The lowest BCUT2D eigenvalue weighted by Crippen LogP contribution is -2.35. The number of likely N-dealkylation sites (tertiary alicyclic amines) is 1. The van der Waals surface area contributed by atoms with E-state index in [0.29, 0.717) is 22.5 Å².